The van der Waals surface area contributed by atoms with Gasteiger partial charge in [-0.25, -0.2) is 8.42 Å². The van der Waals surface area contributed by atoms with Gasteiger partial charge in [0.1, 0.15) is 11.5 Å². The summed E-state index contributed by atoms with van der Waals surface area (Å²) >= 11 is 0. The number of nitrogens with one attached hydrogen (secondary N) is 1. The standard InChI is InChI=1S/C27H30N2O5S/c1-27(2,3)20-14-15-24-22(16-20)29(35(31,32)21-11-6-5-7-12-21)18-25(34-24)26(30)28-17-19-10-8-9-13-23(19)33-4/h5-16,25H,17-18H2,1-4H3,(H,28,30). The van der Waals surface area contributed by atoms with Crippen LogP contribution in [-0.2, 0) is 26.8 Å². The van der Waals surface area contributed by atoms with Gasteiger partial charge in [-0.15, -0.1) is 0 Å². The molecule has 7 nitrogen and oxygen atoms in total. The van der Waals surface area contributed by atoms with Crippen molar-refractivity contribution in [2.75, 3.05) is 18.0 Å². The van der Waals surface area contributed by atoms with E-state index < -0.39 is 22.0 Å². The summed E-state index contributed by atoms with van der Waals surface area (Å²) in [5.41, 5.74) is 2.01. The van der Waals surface area contributed by atoms with Crippen LogP contribution in [0.1, 0.15) is 31.9 Å². The van der Waals surface area contributed by atoms with E-state index in [1.54, 1.807) is 43.5 Å². The smallest absolute Gasteiger partial charge is 0.264 e. The molecule has 4 rings (SSSR count). The maximum absolute atomic E-state index is 13.7. The summed E-state index contributed by atoms with van der Waals surface area (Å²) < 4.78 is 40.0. The lowest BCUT2D eigenvalue weighted by molar-refractivity contribution is -0.127. The SMILES string of the molecule is COc1ccccc1CNC(=O)C1CN(S(=O)(=O)c2ccccc2)c2cc(C(C)(C)C)ccc2O1. The Morgan fingerprint density at radius 3 is 2.43 bits per heavy atom. The van der Waals surface area contributed by atoms with Crippen LogP contribution in [0.25, 0.3) is 0 Å². The number of para-hydroxylation sites is 1. The number of fused-ring (bicyclic) bond motifs is 1. The number of sulfonamides is 1. The van der Waals surface area contributed by atoms with Gasteiger partial charge in [-0.05, 0) is 41.3 Å². The summed E-state index contributed by atoms with van der Waals surface area (Å²) in [5, 5.41) is 2.86. The van der Waals surface area contributed by atoms with Gasteiger partial charge >= 0.3 is 0 Å². The summed E-state index contributed by atoms with van der Waals surface area (Å²) in [6.07, 6.45) is -1.02. The largest absolute Gasteiger partial charge is 0.496 e. The van der Waals surface area contributed by atoms with Crippen molar-refractivity contribution in [1.82, 2.24) is 5.32 Å². The number of methoxy groups -OCH3 is 1. The van der Waals surface area contributed by atoms with Crippen LogP contribution in [-0.4, -0.2) is 34.1 Å². The number of nitrogens with zero attached hydrogens (tertiary/aromatic N) is 1. The van der Waals surface area contributed by atoms with Crippen LogP contribution in [0.15, 0.2) is 77.7 Å². The highest BCUT2D eigenvalue weighted by molar-refractivity contribution is 7.92. The second kappa shape index (κ2) is 9.62. The fourth-order valence-electron chi connectivity index (χ4n) is 3.95. The summed E-state index contributed by atoms with van der Waals surface area (Å²) in [5.74, 6) is 0.599. The van der Waals surface area contributed by atoms with Gasteiger partial charge < -0.3 is 14.8 Å². The zero-order valence-electron chi connectivity index (χ0n) is 20.3. The molecule has 3 aromatic rings. The maximum atomic E-state index is 13.7. The van der Waals surface area contributed by atoms with Crippen LogP contribution < -0.4 is 19.1 Å². The number of carbonyl (C=O) groups is 1. The highest BCUT2D eigenvalue weighted by Gasteiger charge is 2.38. The number of anilines is 1. The zero-order valence-corrected chi connectivity index (χ0v) is 21.1. The number of benzene rings is 3. The van der Waals surface area contributed by atoms with E-state index in [1.165, 1.54) is 4.31 Å². The number of amides is 1. The first-order valence-corrected chi connectivity index (χ1v) is 12.8. The molecule has 0 aromatic heterocycles. The lowest BCUT2D eigenvalue weighted by Gasteiger charge is -2.36. The molecule has 0 radical (unpaired) electrons. The monoisotopic (exact) mass is 494 g/mol. The molecule has 8 heteroatoms. The van der Waals surface area contributed by atoms with Crippen molar-refractivity contribution in [3.8, 4) is 11.5 Å². The van der Waals surface area contributed by atoms with E-state index in [1.807, 2.05) is 36.4 Å². The Hall–Kier alpha value is -3.52. The minimum atomic E-state index is -3.93. The molecule has 1 N–H and O–H groups in total. The molecule has 35 heavy (non-hydrogen) atoms. The number of hydrogen-bond donors (Lipinski definition) is 1. The fraction of sp³-hybridized carbons (Fsp3) is 0.296. The Morgan fingerprint density at radius 2 is 1.74 bits per heavy atom. The Bertz CT molecular complexity index is 1320. The predicted octanol–water partition coefficient (Wildman–Crippen LogP) is 4.27. The Morgan fingerprint density at radius 1 is 1.06 bits per heavy atom. The first kappa shape index (κ1) is 24.6. The third-order valence-corrected chi connectivity index (χ3v) is 7.76. The van der Waals surface area contributed by atoms with E-state index in [9.17, 15) is 13.2 Å². The van der Waals surface area contributed by atoms with Gasteiger partial charge in [-0.2, -0.15) is 0 Å². The minimum absolute atomic E-state index is 0.143. The molecular weight excluding hydrogens is 464 g/mol. The molecule has 0 fully saturated rings. The summed E-state index contributed by atoms with van der Waals surface area (Å²) in [6, 6.07) is 21.1. The Balaban J connectivity index is 1.67. The zero-order chi connectivity index (χ0) is 25.2. The molecule has 1 aliphatic rings. The van der Waals surface area contributed by atoms with Crippen molar-refractivity contribution in [3.05, 3.63) is 83.9 Å². The Kier molecular flexibility index (Phi) is 6.76. The first-order chi connectivity index (χ1) is 16.6. The van der Waals surface area contributed by atoms with Gasteiger partial charge in [-0.3, -0.25) is 9.10 Å². The number of carbonyl (C=O) groups excluding carboxylic acids is 1. The second-order valence-electron chi connectivity index (χ2n) is 9.42. The molecular formula is C27H30N2O5S. The number of hydrogen-bond acceptors (Lipinski definition) is 5. The van der Waals surface area contributed by atoms with Gasteiger partial charge in [0.25, 0.3) is 15.9 Å². The van der Waals surface area contributed by atoms with Crippen LogP contribution in [0, 0.1) is 0 Å². The van der Waals surface area contributed by atoms with Gasteiger partial charge in [0.05, 0.1) is 24.2 Å². The molecule has 0 spiro atoms. The first-order valence-electron chi connectivity index (χ1n) is 11.4. The van der Waals surface area contributed by atoms with Crippen LogP contribution >= 0.6 is 0 Å². The molecule has 0 saturated carbocycles. The molecule has 0 bridgehead atoms. The molecule has 1 amide bonds. The summed E-state index contributed by atoms with van der Waals surface area (Å²) in [4.78, 5) is 13.3. The minimum Gasteiger partial charge on any atom is -0.496 e. The van der Waals surface area contributed by atoms with Crippen LogP contribution in [0.4, 0.5) is 5.69 Å². The van der Waals surface area contributed by atoms with Crippen molar-refractivity contribution >= 4 is 21.6 Å². The van der Waals surface area contributed by atoms with Crippen molar-refractivity contribution < 1.29 is 22.7 Å². The number of ether oxygens (including phenoxy) is 2. The average Bonchev–Trinajstić information content (AvgIpc) is 2.86. The third-order valence-electron chi connectivity index (χ3n) is 5.96. The second-order valence-corrected chi connectivity index (χ2v) is 11.3. The summed E-state index contributed by atoms with van der Waals surface area (Å²) in [7, 11) is -2.36. The maximum Gasteiger partial charge on any atom is 0.264 e. The van der Waals surface area contributed by atoms with E-state index in [-0.39, 0.29) is 23.4 Å². The molecule has 0 aliphatic carbocycles. The fourth-order valence-corrected chi connectivity index (χ4v) is 5.44. The van der Waals surface area contributed by atoms with Crippen molar-refractivity contribution in [2.24, 2.45) is 0 Å². The van der Waals surface area contributed by atoms with E-state index >= 15 is 0 Å². The van der Waals surface area contributed by atoms with Gasteiger partial charge in [0.15, 0.2) is 6.10 Å². The van der Waals surface area contributed by atoms with Gasteiger partial charge in [-0.1, -0.05) is 63.2 Å². The van der Waals surface area contributed by atoms with E-state index in [0.29, 0.717) is 17.2 Å². The highest BCUT2D eigenvalue weighted by atomic mass is 32.2. The van der Waals surface area contributed by atoms with Crippen molar-refractivity contribution in [3.63, 3.8) is 0 Å². The predicted molar refractivity (Wildman–Crippen MR) is 135 cm³/mol. The van der Waals surface area contributed by atoms with Crippen LogP contribution in [0.3, 0.4) is 0 Å². The van der Waals surface area contributed by atoms with E-state index in [2.05, 4.69) is 26.1 Å². The van der Waals surface area contributed by atoms with Gasteiger partial charge in [0, 0.05) is 12.1 Å². The summed E-state index contributed by atoms with van der Waals surface area (Å²) in [6.45, 7) is 6.26. The molecule has 1 aliphatic heterocycles. The quantitative estimate of drug-likeness (QED) is 0.553. The highest BCUT2D eigenvalue weighted by Crippen LogP contribution is 2.40. The average molecular weight is 495 g/mol. The van der Waals surface area contributed by atoms with E-state index in [0.717, 1.165) is 11.1 Å². The molecule has 1 heterocycles. The van der Waals surface area contributed by atoms with Gasteiger partial charge in [0.2, 0.25) is 0 Å². The molecule has 1 atom stereocenters. The third kappa shape index (κ3) is 5.12. The van der Waals surface area contributed by atoms with Crippen LogP contribution in [0.5, 0.6) is 11.5 Å². The molecule has 1 unspecified atom stereocenters. The lowest BCUT2D eigenvalue weighted by Crippen LogP contribution is -2.50. The number of rotatable bonds is 6. The van der Waals surface area contributed by atoms with Crippen LogP contribution in [0.2, 0.25) is 0 Å². The lowest BCUT2D eigenvalue weighted by atomic mass is 9.86. The molecule has 3 aromatic carbocycles. The topological polar surface area (TPSA) is 84.9 Å². The van der Waals surface area contributed by atoms with Crippen molar-refractivity contribution in [2.45, 2.75) is 43.7 Å². The van der Waals surface area contributed by atoms with Crippen molar-refractivity contribution in [1.29, 1.82) is 0 Å². The molecule has 184 valence electrons. The Labute approximate surface area is 206 Å². The normalized spacial score (nSPS) is 15.7. The van der Waals surface area contributed by atoms with E-state index in [4.69, 9.17) is 9.47 Å². The molecule has 0 saturated heterocycles.